The molecule has 1 amide bonds. The van der Waals surface area contributed by atoms with Gasteiger partial charge >= 0.3 is 5.76 Å². The van der Waals surface area contributed by atoms with Crippen LogP contribution in [0.25, 0.3) is 22.5 Å². The average Bonchev–Trinajstić information content (AvgIpc) is 3.94. The van der Waals surface area contributed by atoms with Gasteiger partial charge in [-0.2, -0.15) is 0 Å². The molecule has 2 saturated carbocycles. The molecular formula is C31H35N5O6S2. The van der Waals surface area contributed by atoms with Crippen molar-refractivity contribution in [2.45, 2.75) is 57.2 Å². The zero-order valence-electron chi connectivity index (χ0n) is 24.8. The molecule has 2 aromatic heterocycles. The maximum absolute atomic E-state index is 13.2. The summed E-state index contributed by atoms with van der Waals surface area (Å²) in [7, 11) is -2.11. The lowest BCUT2D eigenvalue weighted by Crippen LogP contribution is -2.34. The number of carbonyl (C=O) groups is 1. The number of anilines is 1. The minimum atomic E-state index is -3.71. The lowest BCUT2D eigenvalue weighted by Gasteiger charge is -2.29. The summed E-state index contributed by atoms with van der Waals surface area (Å²) in [5.41, 5.74) is 4.92. The van der Waals surface area contributed by atoms with Crippen LogP contribution in [-0.2, 0) is 21.2 Å². The number of H-pyrrole nitrogens is 1. The molecule has 0 radical (unpaired) electrons. The van der Waals surface area contributed by atoms with Gasteiger partial charge in [0.25, 0.3) is 5.91 Å². The summed E-state index contributed by atoms with van der Waals surface area (Å²) in [6, 6.07) is 14.1. The smallest absolute Gasteiger partial charge is 0.384 e. The number of thiazole rings is 1. The van der Waals surface area contributed by atoms with Crippen LogP contribution in [0.4, 0.5) is 5.13 Å². The second kappa shape index (κ2) is 12.3. The van der Waals surface area contributed by atoms with Gasteiger partial charge in [-0.25, -0.2) is 22.9 Å². The molecular weight excluding hydrogens is 603 g/mol. The van der Waals surface area contributed by atoms with Crippen LogP contribution in [0.5, 0.6) is 0 Å². The van der Waals surface area contributed by atoms with Crippen LogP contribution in [0.1, 0.15) is 65.1 Å². The van der Waals surface area contributed by atoms with Crippen LogP contribution in [-0.4, -0.2) is 55.0 Å². The molecule has 0 unspecified atom stereocenters. The number of rotatable bonds is 13. The summed E-state index contributed by atoms with van der Waals surface area (Å²) < 4.78 is 37.3. The number of hydrogen-bond acceptors (Lipinski definition) is 10. The molecule has 4 aromatic rings. The van der Waals surface area contributed by atoms with Crippen molar-refractivity contribution in [1.82, 2.24) is 19.8 Å². The number of amides is 1. The largest absolute Gasteiger partial charge is 0.439 e. The van der Waals surface area contributed by atoms with E-state index in [1.165, 1.54) is 11.3 Å². The molecule has 0 bridgehead atoms. The van der Waals surface area contributed by atoms with Gasteiger partial charge in [0.2, 0.25) is 10.0 Å². The number of aryl methyl sites for hydroxylation is 1. The number of ether oxygens (including phenoxy) is 1. The van der Waals surface area contributed by atoms with Crippen molar-refractivity contribution in [1.29, 1.82) is 0 Å². The predicted octanol–water partition coefficient (Wildman–Crippen LogP) is 4.85. The number of benzene rings is 2. The average molecular weight is 638 g/mol. The molecule has 2 aliphatic carbocycles. The van der Waals surface area contributed by atoms with Crippen LogP contribution >= 0.6 is 11.3 Å². The number of nitrogens with one attached hydrogen (secondary N) is 2. The molecule has 2 heterocycles. The normalized spacial score (nSPS) is 15.7. The van der Waals surface area contributed by atoms with Gasteiger partial charge in [-0.1, -0.05) is 53.2 Å². The van der Waals surface area contributed by atoms with Gasteiger partial charge in [0.15, 0.2) is 11.0 Å². The molecule has 2 aromatic carbocycles. The van der Waals surface area contributed by atoms with E-state index >= 15 is 0 Å². The molecule has 2 aliphatic rings. The van der Waals surface area contributed by atoms with E-state index < -0.39 is 26.9 Å². The fourth-order valence-electron chi connectivity index (χ4n) is 5.19. The molecule has 6 rings (SSSR count). The van der Waals surface area contributed by atoms with E-state index in [-0.39, 0.29) is 11.7 Å². The molecule has 1 atom stereocenters. The third-order valence-corrected chi connectivity index (χ3v) is 11.0. The fraction of sp³-hybridized carbons (Fsp3) is 0.419. The zero-order valence-corrected chi connectivity index (χ0v) is 26.5. The second-order valence-electron chi connectivity index (χ2n) is 11.6. The van der Waals surface area contributed by atoms with Crippen molar-refractivity contribution in [3.05, 3.63) is 74.7 Å². The molecule has 11 nitrogen and oxygen atoms in total. The highest BCUT2D eigenvalue weighted by molar-refractivity contribution is 7.91. The van der Waals surface area contributed by atoms with E-state index in [9.17, 15) is 18.0 Å². The Bertz CT molecular complexity index is 1820. The van der Waals surface area contributed by atoms with Gasteiger partial charge in [-0.05, 0) is 62.1 Å². The van der Waals surface area contributed by atoms with Gasteiger partial charge in [0.1, 0.15) is 5.69 Å². The molecule has 13 heteroatoms. The van der Waals surface area contributed by atoms with Crippen LogP contribution in [0.3, 0.4) is 0 Å². The van der Waals surface area contributed by atoms with Crippen molar-refractivity contribution >= 4 is 32.4 Å². The molecule has 2 N–H and O–H groups in total. The minimum Gasteiger partial charge on any atom is -0.384 e. The lowest BCUT2D eigenvalue weighted by molar-refractivity contribution is 0.0976. The lowest BCUT2D eigenvalue weighted by atomic mass is 9.95. The molecule has 232 valence electrons. The number of hydrogen-bond donors (Lipinski definition) is 2. The third kappa shape index (κ3) is 6.64. The molecule has 44 heavy (non-hydrogen) atoms. The van der Waals surface area contributed by atoms with E-state index in [0.29, 0.717) is 47.6 Å². The Kier molecular flexibility index (Phi) is 8.44. The first kappa shape index (κ1) is 30.2. The summed E-state index contributed by atoms with van der Waals surface area (Å²) >= 11 is 1.42. The summed E-state index contributed by atoms with van der Waals surface area (Å²) in [4.78, 5) is 35.1. The fourth-order valence-corrected chi connectivity index (χ4v) is 7.60. The Labute approximate surface area is 259 Å². The second-order valence-corrected chi connectivity index (χ2v) is 14.6. The van der Waals surface area contributed by atoms with E-state index in [2.05, 4.69) is 38.8 Å². The standard InChI is InChI=1S/C31H35N5O6S2/c1-18-4-13-24(28-33-31(38)42-34-28)25(16-18)22-9-7-21(8-10-22)19(2)36(17-20-5-6-20)30-32-27(26(43-30)14-15-41-3)29(37)35-44(39,40)23-11-12-23/h4,7-10,13,16,19-20,23H,5-6,11-12,14-15,17H2,1-3H3,(H,35,37)(H,33,34,38)/t19-/m1/s1. The highest BCUT2D eigenvalue weighted by Crippen LogP contribution is 2.39. The number of aromatic nitrogens is 3. The van der Waals surface area contributed by atoms with Crippen molar-refractivity contribution in [3.8, 4) is 22.5 Å². The molecule has 0 spiro atoms. The summed E-state index contributed by atoms with van der Waals surface area (Å²) in [5, 5.41) is 4.06. The maximum atomic E-state index is 13.2. The first-order valence-corrected chi connectivity index (χ1v) is 17.1. The van der Waals surface area contributed by atoms with Crippen molar-refractivity contribution in [2.24, 2.45) is 5.92 Å². The van der Waals surface area contributed by atoms with Crippen molar-refractivity contribution in [2.75, 3.05) is 25.2 Å². The van der Waals surface area contributed by atoms with Crippen molar-refractivity contribution < 1.29 is 22.5 Å². The Morgan fingerprint density at radius 3 is 2.55 bits per heavy atom. The van der Waals surface area contributed by atoms with Crippen molar-refractivity contribution in [3.63, 3.8) is 0 Å². The Hall–Kier alpha value is -3.81. The van der Waals surface area contributed by atoms with Crippen LogP contribution in [0, 0.1) is 12.8 Å². The van der Waals surface area contributed by atoms with E-state index in [1.54, 1.807) is 7.11 Å². The summed E-state index contributed by atoms with van der Waals surface area (Å²) in [6.07, 6.45) is 3.86. The van der Waals surface area contributed by atoms with Gasteiger partial charge in [0, 0.05) is 30.5 Å². The van der Waals surface area contributed by atoms with E-state index in [4.69, 9.17) is 14.2 Å². The Balaban J connectivity index is 1.30. The number of aromatic amines is 1. The maximum Gasteiger partial charge on any atom is 0.439 e. The van der Waals surface area contributed by atoms with Gasteiger partial charge in [0.05, 0.1) is 17.9 Å². The quantitative estimate of drug-likeness (QED) is 0.210. The van der Waals surface area contributed by atoms with Gasteiger partial charge in [-0.3, -0.25) is 14.3 Å². The highest BCUT2D eigenvalue weighted by Gasteiger charge is 2.38. The Morgan fingerprint density at radius 2 is 1.91 bits per heavy atom. The van der Waals surface area contributed by atoms with Crippen LogP contribution in [0.15, 0.2) is 51.8 Å². The third-order valence-electron chi connectivity index (χ3n) is 8.07. The number of methoxy groups -OCH3 is 1. The monoisotopic (exact) mass is 637 g/mol. The van der Waals surface area contributed by atoms with Gasteiger partial charge in [-0.15, -0.1) is 11.3 Å². The van der Waals surface area contributed by atoms with E-state index in [1.807, 2.05) is 37.3 Å². The Morgan fingerprint density at radius 1 is 1.16 bits per heavy atom. The van der Waals surface area contributed by atoms with Crippen LogP contribution < -0.4 is 15.4 Å². The molecule has 0 aliphatic heterocycles. The van der Waals surface area contributed by atoms with Gasteiger partial charge < -0.3 is 9.64 Å². The predicted molar refractivity (Wildman–Crippen MR) is 168 cm³/mol. The number of nitrogens with zero attached hydrogens (tertiary/aromatic N) is 3. The summed E-state index contributed by atoms with van der Waals surface area (Å²) in [6.45, 7) is 5.29. The first-order valence-electron chi connectivity index (χ1n) is 14.7. The zero-order chi connectivity index (χ0) is 31.0. The molecule has 2 fully saturated rings. The molecule has 0 saturated heterocycles. The number of carbonyl (C=O) groups excluding carboxylic acids is 1. The van der Waals surface area contributed by atoms with Crippen LogP contribution in [0.2, 0.25) is 0 Å². The van der Waals surface area contributed by atoms with E-state index in [0.717, 1.165) is 47.2 Å². The minimum absolute atomic E-state index is 0.0685. The summed E-state index contributed by atoms with van der Waals surface area (Å²) in [5.74, 6) is -0.383. The number of sulfonamides is 1. The topological polar surface area (TPSA) is 147 Å². The SMILES string of the molecule is COCCc1sc(N(CC2CC2)[C@H](C)c2ccc(-c3cc(C)ccc3-c3noc(=O)[nH]3)cc2)nc1C(=O)NS(=O)(=O)C1CC1. The highest BCUT2D eigenvalue weighted by atomic mass is 32.2. The first-order chi connectivity index (χ1) is 21.1.